The minimum atomic E-state index is -0.804. The second kappa shape index (κ2) is 2.61. The predicted molar refractivity (Wildman–Crippen MR) is 33.7 cm³/mol. The van der Waals surface area contributed by atoms with E-state index in [-0.39, 0.29) is 5.76 Å². The Morgan fingerprint density at radius 1 is 1.80 bits per heavy atom. The number of rotatable bonds is 1. The van der Waals surface area contributed by atoms with Gasteiger partial charge in [-0.2, -0.15) is 5.16 Å². The molecule has 0 fully saturated rings. The van der Waals surface area contributed by atoms with Crippen molar-refractivity contribution < 1.29 is 13.5 Å². The van der Waals surface area contributed by atoms with Crippen LogP contribution in [-0.4, -0.2) is 11.1 Å². The Morgan fingerprint density at radius 3 is 2.90 bits per heavy atom. The standard InChI is InChI=1S/C4H3NO4S/c6-3-1-2(8-5-3)4(7)9-10/h1,10H,(H,5,6). The quantitative estimate of drug-likeness (QED) is 0.448. The second-order valence-electron chi connectivity index (χ2n) is 1.46. The van der Waals surface area contributed by atoms with E-state index in [0.29, 0.717) is 0 Å². The Kier molecular flexibility index (Phi) is 1.81. The smallest absolute Gasteiger partial charge is 0.388 e. The average molecular weight is 161 g/mol. The molecule has 1 rings (SSSR count). The number of hydrogen-bond donors (Lipinski definition) is 2. The predicted octanol–water partition coefficient (Wildman–Crippen LogP) is -0.0305. The summed E-state index contributed by atoms with van der Waals surface area (Å²) >= 11 is 3.21. The van der Waals surface area contributed by atoms with Crippen LogP contribution < -0.4 is 5.56 Å². The molecule has 54 valence electrons. The lowest BCUT2D eigenvalue weighted by Crippen LogP contribution is -1.97. The van der Waals surface area contributed by atoms with Gasteiger partial charge in [0.1, 0.15) is 0 Å². The molecule has 0 aliphatic heterocycles. The van der Waals surface area contributed by atoms with Crippen molar-refractivity contribution in [3.05, 3.63) is 22.2 Å². The lowest BCUT2D eigenvalue weighted by Gasteiger charge is -1.86. The van der Waals surface area contributed by atoms with Crippen LogP contribution in [0.1, 0.15) is 10.6 Å². The average Bonchev–Trinajstić information content (AvgIpc) is 2.34. The summed E-state index contributed by atoms with van der Waals surface area (Å²) in [6.45, 7) is 0. The lowest BCUT2D eigenvalue weighted by molar-refractivity contribution is 0.0729. The topological polar surface area (TPSA) is 72.3 Å². The van der Waals surface area contributed by atoms with Crippen molar-refractivity contribution >= 4 is 18.9 Å². The van der Waals surface area contributed by atoms with Crippen molar-refractivity contribution in [1.29, 1.82) is 0 Å². The molecular weight excluding hydrogens is 158 g/mol. The number of H-pyrrole nitrogens is 1. The van der Waals surface area contributed by atoms with Crippen molar-refractivity contribution in [2.45, 2.75) is 0 Å². The summed E-state index contributed by atoms with van der Waals surface area (Å²) in [5.74, 6) is -0.998. The fourth-order valence-corrected chi connectivity index (χ4v) is 0.519. The largest absolute Gasteiger partial charge is 0.389 e. The maximum absolute atomic E-state index is 10.5. The first kappa shape index (κ1) is 6.94. The number of thiol groups is 1. The number of nitrogens with one attached hydrogen (secondary N) is 1. The van der Waals surface area contributed by atoms with Crippen molar-refractivity contribution in [3.63, 3.8) is 0 Å². The van der Waals surface area contributed by atoms with Crippen molar-refractivity contribution in [2.75, 3.05) is 0 Å². The molecule has 0 atom stereocenters. The Bertz CT molecular complexity index is 287. The summed E-state index contributed by atoms with van der Waals surface area (Å²) < 4.78 is 8.31. The van der Waals surface area contributed by atoms with E-state index < -0.39 is 11.5 Å². The van der Waals surface area contributed by atoms with Gasteiger partial charge in [-0.15, -0.1) is 0 Å². The summed E-state index contributed by atoms with van der Waals surface area (Å²) in [5, 5.41) is 1.92. The highest BCUT2D eigenvalue weighted by Gasteiger charge is 2.10. The van der Waals surface area contributed by atoms with Crippen LogP contribution in [0.4, 0.5) is 0 Å². The molecule has 0 radical (unpaired) electrons. The third-order valence-electron chi connectivity index (χ3n) is 0.808. The third kappa shape index (κ3) is 1.21. The first-order valence-corrected chi connectivity index (χ1v) is 2.65. The Labute approximate surface area is 60.6 Å². The molecular formula is C4H3NO4S. The van der Waals surface area contributed by atoms with E-state index in [0.717, 1.165) is 6.07 Å². The van der Waals surface area contributed by atoms with E-state index in [2.05, 4.69) is 21.6 Å². The summed E-state index contributed by atoms with van der Waals surface area (Å²) in [4.78, 5) is 20.8. The van der Waals surface area contributed by atoms with Gasteiger partial charge in [0.15, 0.2) is 0 Å². The first-order valence-electron chi connectivity index (χ1n) is 2.28. The van der Waals surface area contributed by atoms with Gasteiger partial charge in [0, 0.05) is 12.9 Å². The second-order valence-corrected chi connectivity index (χ2v) is 1.64. The third-order valence-corrected chi connectivity index (χ3v) is 0.974. The molecule has 0 unspecified atom stereocenters. The Morgan fingerprint density at radius 2 is 2.50 bits per heavy atom. The Balaban J connectivity index is 2.95. The SMILES string of the molecule is O=C(OS)c1cc(=O)[nH]o1. The highest BCUT2D eigenvalue weighted by molar-refractivity contribution is 7.75. The van der Waals surface area contributed by atoms with Crippen molar-refractivity contribution in [2.24, 2.45) is 0 Å². The fourth-order valence-electron chi connectivity index (χ4n) is 0.429. The number of aromatic amines is 1. The highest BCUT2D eigenvalue weighted by atomic mass is 32.1. The normalized spacial score (nSPS) is 9.30. The fraction of sp³-hybridized carbons (Fsp3) is 0. The molecule has 6 heteroatoms. The van der Waals surface area contributed by atoms with E-state index in [9.17, 15) is 9.59 Å². The van der Waals surface area contributed by atoms with Crippen LogP contribution >= 0.6 is 12.9 Å². The molecule has 0 amide bonds. The van der Waals surface area contributed by atoms with Crippen LogP contribution in [0.5, 0.6) is 0 Å². The number of aromatic nitrogens is 1. The van der Waals surface area contributed by atoms with Crippen LogP contribution in [0.2, 0.25) is 0 Å². The van der Waals surface area contributed by atoms with Gasteiger partial charge in [-0.05, 0) is 0 Å². The summed E-state index contributed by atoms with van der Waals surface area (Å²) in [6.07, 6.45) is 0. The first-order chi connectivity index (χ1) is 4.74. The zero-order chi connectivity index (χ0) is 7.56. The van der Waals surface area contributed by atoms with Gasteiger partial charge in [0.05, 0.1) is 6.07 Å². The molecule has 5 nitrogen and oxygen atoms in total. The molecule has 1 aromatic heterocycles. The Hall–Kier alpha value is -1.17. The van der Waals surface area contributed by atoms with E-state index >= 15 is 0 Å². The van der Waals surface area contributed by atoms with Gasteiger partial charge in [0.25, 0.3) is 5.56 Å². The molecule has 0 aliphatic carbocycles. The molecule has 0 saturated carbocycles. The van der Waals surface area contributed by atoms with Crippen LogP contribution in [-0.2, 0) is 4.18 Å². The van der Waals surface area contributed by atoms with E-state index in [1.54, 1.807) is 0 Å². The van der Waals surface area contributed by atoms with Crippen LogP contribution in [0.15, 0.2) is 15.4 Å². The molecule has 1 N–H and O–H groups in total. The molecule has 0 saturated heterocycles. The highest BCUT2D eigenvalue weighted by Crippen LogP contribution is 1.96. The molecule has 0 aliphatic rings. The van der Waals surface area contributed by atoms with Gasteiger partial charge >= 0.3 is 5.97 Å². The number of carbonyl (C=O) groups is 1. The lowest BCUT2D eigenvalue weighted by atomic mass is 10.5. The van der Waals surface area contributed by atoms with Gasteiger partial charge in [-0.25, -0.2) is 4.79 Å². The van der Waals surface area contributed by atoms with Crippen molar-refractivity contribution in [3.8, 4) is 0 Å². The monoisotopic (exact) mass is 161 g/mol. The molecule has 0 aromatic carbocycles. The van der Waals surface area contributed by atoms with E-state index in [4.69, 9.17) is 0 Å². The van der Waals surface area contributed by atoms with E-state index in [1.807, 2.05) is 5.16 Å². The zero-order valence-electron chi connectivity index (χ0n) is 4.66. The summed E-state index contributed by atoms with van der Waals surface area (Å²) in [6, 6.07) is 0.971. The van der Waals surface area contributed by atoms with Gasteiger partial charge < -0.3 is 8.71 Å². The molecule has 0 spiro atoms. The minimum Gasteiger partial charge on any atom is -0.389 e. The zero-order valence-corrected chi connectivity index (χ0v) is 5.55. The van der Waals surface area contributed by atoms with E-state index in [1.165, 1.54) is 0 Å². The minimum absolute atomic E-state index is 0.194. The number of hydrogen-bond acceptors (Lipinski definition) is 5. The van der Waals surface area contributed by atoms with Gasteiger partial charge in [-0.3, -0.25) is 4.79 Å². The maximum atomic E-state index is 10.5. The summed E-state index contributed by atoms with van der Waals surface area (Å²) in [7, 11) is 0. The van der Waals surface area contributed by atoms with Crippen molar-refractivity contribution in [1.82, 2.24) is 5.16 Å². The van der Waals surface area contributed by atoms with Crippen LogP contribution in [0.25, 0.3) is 0 Å². The van der Waals surface area contributed by atoms with Crippen LogP contribution in [0.3, 0.4) is 0 Å². The molecule has 1 heterocycles. The van der Waals surface area contributed by atoms with Gasteiger partial charge in [-0.1, -0.05) is 0 Å². The molecule has 0 bridgehead atoms. The number of carbonyl (C=O) groups excluding carboxylic acids is 1. The molecule has 1 aromatic rings. The maximum Gasteiger partial charge on any atom is 0.388 e. The van der Waals surface area contributed by atoms with Gasteiger partial charge in [0.2, 0.25) is 5.76 Å². The van der Waals surface area contributed by atoms with Crippen LogP contribution in [0, 0.1) is 0 Å². The molecule has 10 heavy (non-hydrogen) atoms. The summed E-state index contributed by atoms with van der Waals surface area (Å²) in [5.41, 5.74) is -0.492.